The van der Waals surface area contributed by atoms with Crippen molar-refractivity contribution in [3.63, 3.8) is 0 Å². The van der Waals surface area contributed by atoms with Crippen molar-refractivity contribution < 1.29 is 14.6 Å². The van der Waals surface area contributed by atoms with Crippen LogP contribution in [0.1, 0.15) is 6.92 Å². The average molecular weight is 166 g/mol. The Kier molecular flexibility index (Phi) is 1.85. The first kappa shape index (κ1) is 7.78. The van der Waals surface area contributed by atoms with Crippen LogP contribution >= 0.6 is 11.6 Å². The van der Waals surface area contributed by atoms with E-state index < -0.39 is 17.2 Å². The van der Waals surface area contributed by atoms with Gasteiger partial charge >= 0.3 is 5.97 Å². The van der Waals surface area contributed by atoms with E-state index in [0.717, 1.165) is 0 Å². The van der Waals surface area contributed by atoms with Gasteiger partial charge in [0.15, 0.2) is 0 Å². The van der Waals surface area contributed by atoms with E-state index in [1.807, 2.05) is 0 Å². The van der Waals surface area contributed by atoms with E-state index in [1.54, 1.807) is 0 Å². The highest BCUT2D eigenvalue weighted by atomic mass is 35.5. The van der Waals surface area contributed by atoms with Gasteiger partial charge in [-0.05, 0) is 0 Å². The van der Waals surface area contributed by atoms with Gasteiger partial charge in [0.05, 0.1) is 6.61 Å². The van der Waals surface area contributed by atoms with Gasteiger partial charge in [-0.2, -0.15) is 0 Å². The van der Waals surface area contributed by atoms with Crippen molar-refractivity contribution in [1.82, 2.24) is 5.32 Å². The number of nitrogens with one attached hydrogen (secondary N) is 1. The Balaban J connectivity index is 2.61. The van der Waals surface area contributed by atoms with Crippen LogP contribution in [-0.4, -0.2) is 28.9 Å². The van der Waals surface area contributed by atoms with Gasteiger partial charge in [-0.25, -0.2) is 0 Å². The molecule has 1 aliphatic rings. The molecule has 0 radical (unpaired) electrons. The second-order valence-electron chi connectivity index (χ2n) is 2.22. The molecule has 0 aromatic carbocycles. The Morgan fingerprint density at radius 1 is 2.00 bits per heavy atom. The summed E-state index contributed by atoms with van der Waals surface area (Å²) in [6.07, 6.45) is 0. The standard InChI is InChI=1S/C5H8ClNO3/c1-5(6)7-3(2-8)4(9)10-5/h3,7-8H,2H2,1H3/t3-,5+/m0/s1. The van der Waals surface area contributed by atoms with E-state index in [4.69, 9.17) is 16.7 Å². The maximum absolute atomic E-state index is 10.7. The summed E-state index contributed by atoms with van der Waals surface area (Å²) < 4.78 is 4.61. The lowest BCUT2D eigenvalue weighted by Gasteiger charge is -2.12. The van der Waals surface area contributed by atoms with Crippen LogP contribution in [0.3, 0.4) is 0 Å². The Morgan fingerprint density at radius 3 is 2.80 bits per heavy atom. The number of aliphatic hydroxyl groups excluding tert-OH is 1. The molecular formula is C5H8ClNO3. The summed E-state index contributed by atoms with van der Waals surface area (Å²) in [7, 11) is 0. The van der Waals surface area contributed by atoms with Crippen molar-refractivity contribution >= 4 is 17.6 Å². The molecule has 4 nitrogen and oxygen atoms in total. The van der Waals surface area contributed by atoms with Crippen molar-refractivity contribution in [1.29, 1.82) is 0 Å². The number of cyclic esters (lactones) is 1. The third-order valence-corrected chi connectivity index (χ3v) is 1.38. The number of ether oxygens (including phenoxy) is 1. The minimum atomic E-state index is -1.15. The molecule has 58 valence electrons. The Bertz CT molecular complexity index is 159. The predicted molar refractivity (Wildman–Crippen MR) is 34.4 cm³/mol. The van der Waals surface area contributed by atoms with Crippen LogP contribution in [0, 0.1) is 0 Å². The summed E-state index contributed by atoms with van der Waals surface area (Å²) in [5.41, 5.74) is 0. The van der Waals surface area contributed by atoms with Gasteiger partial charge in [0.25, 0.3) is 0 Å². The summed E-state index contributed by atoms with van der Waals surface area (Å²) in [5, 5.41) is 9.97. The Labute approximate surface area is 63.1 Å². The van der Waals surface area contributed by atoms with Crippen LogP contribution in [0.5, 0.6) is 0 Å². The van der Waals surface area contributed by atoms with Gasteiger partial charge in [-0.15, -0.1) is 0 Å². The second-order valence-corrected chi connectivity index (χ2v) is 2.94. The quantitative estimate of drug-likeness (QED) is 0.310. The molecule has 0 bridgehead atoms. The molecule has 1 saturated heterocycles. The van der Waals surface area contributed by atoms with E-state index in [2.05, 4.69) is 10.1 Å². The van der Waals surface area contributed by atoms with Crippen molar-refractivity contribution in [3.05, 3.63) is 0 Å². The molecule has 2 atom stereocenters. The summed E-state index contributed by atoms with van der Waals surface area (Å²) >= 11 is 5.57. The van der Waals surface area contributed by atoms with E-state index >= 15 is 0 Å². The first-order valence-electron chi connectivity index (χ1n) is 2.85. The maximum atomic E-state index is 10.7. The third-order valence-electron chi connectivity index (χ3n) is 1.19. The van der Waals surface area contributed by atoms with E-state index in [-0.39, 0.29) is 6.61 Å². The SMILES string of the molecule is C[C@@]1(Cl)N[C@@H](CO)C(=O)O1. The highest BCUT2D eigenvalue weighted by molar-refractivity contribution is 6.23. The van der Waals surface area contributed by atoms with Crippen LogP contribution < -0.4 is 5.32 Å². The lowest BCUT2D eigenvalue weighted by atomic mass is 10.3. The van der Waals surface area contributed by atoms with Gasteiger partial charge < -0.3 is 9.84 Å². The van der Waals surface area contributed by atoms with Crippen LogP contribution in [0.4, 0.5) is 0 Å². The Morgan fingerprint density at radius 2 is 2.60 bits per heavy atom. The van der Waals surface area contributed by atoms with Crippen LogP contribution in [0.15, 0.2) is 0 Å². The van der Waals surface area contributed by atoms with Gasteiger partial charge in [0.1, 0.15) is 6.04 Å². The molecule has 0 aromatic heterocycles. The fraction of sp³-hybridized carbons (Fsp3) is 0.800. The van der Waals surface area contributed by atoms with Crippen LogP contribution in [0.2, 0.25) is 0 Å². The third kappa shape index (κ3) is 1.39. The van der Waals surface area contributed by atoms with Crippen LogP contribution in [-0.2, 0) is 9.53 Å². The van der Waals surface area contributed by atoms with Gasteiger partial charge in [-0.1, -0.05) is 11.6 Å². The molecule has 1 aliphatic heterocycles. The van der Waals surface area contributed by atoms with E-state index in [1.165, 1.54) is 6.92 Å². The van der Waals surface area contributed by atoms with Crippen molar-refractivity contribution in [2.45, 2.75) is 18.1 Å². The van der Waals surface area contributed by atoms with Gasteiger partial charge in [0.2, 0.25) is 5.18 Å². The molecule has 0 aromatic rings. The average Bonchev–Trinajstić information content (AvgIpc) is 2.05. The van der Waals surface area contributed by atoms with Gasteiger partial charge in [-0.3, -0.25) is 10.1 Å². The molecule has 1 heterocycles. The first-order chi connectivity index (χ1) is 4.55. The summed E-state index contributed by atoms with van der Waals surface area (Å²) in [4.78, 5) is 10.7. The first-order valence-corrected chi connectivity index (χ1v) is 3.23. The number of carbonyl (C=O) groups is 1. The number of esters is 1. The number of alkyl halides is 1. The van der Waals surface area contributed by atoms with Gasteiger partial charge in [0, 0.05) is 6.92 Å². The van der Waals surface area contributed by atoms with Crippen molar-refractivity contribution in [3.8, 4) is 0 Å². The lowest BCUT2D eigenvalue weighted by Crippen LogP contribution is -2.38. The highest BCUT2D eigenvalue weighted by Crippen LogP contribution is 2.20. The normalized spacial score (nSPS) is 39.9. The molecular weight excluding hydrogens is 158 g/mol. The van der Waals surface area contributed by atoms with E-state index in [9.17, 15) is 4.79 Å². The molecule has 5 heteroatoms. The molecule has 0 amide bonds. The van der Waals surface area contributed by atoms with E-state index in [0.29, 0.717) is 0 Å². The highest BCUT2D eigenvalue weighted by Gasteiger charge is 2.40. The number of rotatable bonds is 1. The second kappa shape index (κ2) is 2.38. The number of halogens is 1. The minimum Gasteiger partial charge on any atom is -0.429 e. The van der Waals surface area contributed by atoms with Crippen LogP contribution in [0.25, 0.3) is 0 Å². The summed E-state index contributed by atoms with van der Waals surface area (Å²) in [6.45, 7) is 1.21. The smallest absolute Gasteiger partial charge is 0.328 e. The molecule has 0 saturated carbocycles. The number of hydrogen-bond donors (Lipinski definition) is 2. The zero-order valence-corrected chi connectivity index (χ0v) is 6.18. The maximum Gasteiger partial charge on any atom is 0.328 e. The van der Waals surface area contributed by atoms with Crippen molar-refractivity contribution in [2.24, 2.45) is 0 Å². The molecule has 10 heavy (non-hydrogen) atoms. The predicted octanol–water partition coefficient (Wildman–Crippen LogP) is -0.594. The lowest BCUT2D eigenvalue weighted by molar-refractivity contribution is -0.144. The largest absolute Gasteiger partial charge is 0.429 e. The molecule has 0 unspecified atom stereocenters. The number of aliphatic hydroxyl groups is 1. The zero-order valence-electron chi connectivity index (χ0n) is 5.43. The fourth-order valence-electron chi connectivity index (χ4n) is 0.780. The minimum absolute atomic E-state index is 0.291. The molecule has 0 aliphatic carbocycles. The molecule has 1 fully saturated rings. The van der Waals surface area contributed by atoms with Crippen molar-refractivity contribution in [2.75, 3.05) is 6.61 Å². The molecule has 1 rings (SSSR count). The topological polar surface area (TPSA) is 58.6 Å². The summed E-state index contributed by atoms with van der Waals surface area (Å²) in [5.74, 6) is -0.514. The number of hydrogen-bond acceptors (Lipinski definition) is 4. The molecule has 0 spiro atoms. The summed E-state index contributed by atoms with van der Waals surface area (Å²) in [6, 6.07) is -0.678. The molecule has 2 N–H and O–H groups in total. The fourth-order valence-corrected chi connectivity index (χ4v) is 0.988. The Hall–Kier alpha value is -0.320. The number of carbonyl (C=O) groups excluding carboxylic acids is 1. The monoisotopic (exact) mass is 165 g/mol. The zero-order chi connectivity index (χ0) is 7.78.